The van der Waals surface area contributed by atoms with E-state index in [0.717, 1.165) is 17.1 Å². The van der Waals surface area contributed by atoms with Crippen LogP contribution in [0.25, 0.3) is 96.0 Å². The molecule has 0 bridgehead atoms. The maximum atomic E-state index is 2.52. The maximum absolute atomic E-state index is 2.52. The average molecular weight is 924 g/mol. The van der Waals surface area contributed by atoms with Crippen molar-refractivity contribution in [1.82, 2.24) is 0 Å². The van der Waals surface area contributed by atoms with Crippen LogP contribution in [-0.2, 0) is 5.41 Å². The summed E-state index contributed by atoms with van der Waals surface area (Å²) in [7, 11) is 0. The summed E-state index contributed by atoms with van der Waals surface area (Å²) in [6.45, 7) is 0. The largest absolute Gasteiger partial charge is 0.310 e. The summed E-state index contributed by atoms with van der Waals surface area (Å²) in [6.07, 6.45) is 0. The minimum Gasteiger partial charge on any atom is -0.310 e. The molecule has 0 fully saturated rings. The lowest BCUT2D eigenvalue weighted by Gasteiger charge is -2.32. The van der Waals surface area contributed by atoms with Crippen LogP contribution in [0, 0.1) is 0 Å². The Kier molecular flexibility index (Phi) is 8.68. The summed E-state index contributed by atoms with van der Waals surface area (Å²) in [5.41, 5.74) is 20.6. The lowest BCUT2D eigenvalue weighted by Crippen LogP contribution is -2.26. The molecular formula is C67H41NS2. The molecule has 1 nitrogen and oxygen atoms in total. The van der Waals surface area contributed by atoms with Crippen LogP contribution < -0.4 is 4.90 Å². The second-order valence-corrected chi connectivity index (χ2v) is 20.9. The zero-order valence-electron chi connectivity index (χ0n) is 37.9. The first-order valence-corrected chi connectivity index (χ1v) is 25.7. The summed E-state index contributed by atoms with van der Waals surface area (Å²) < 4.78 is 5.30. The smallest absolute Gasteiger partial charge is 0.0726 e. The summed E-state index contributed by atoms with van der Waals surface area (Å²) in [4.78, 5) is 2.46. The zero-order chi connectivity index (χ0) is 45.9. The summed E-state index contributed by atoms with van der Waals surface area (Å²) in [5, 5.41) is 5.32. The molecule has 0 radical (unpaired) electrons. The Hall–Kier alpha value is -8.34. The zero-order valence-corrected chi connectivity index (χ0v) is 39.6. The van der Waals surface area contributed by atoms with Gasteiger partial charge in [0.25, 0.3) is 0 Å². The maximum Gasteiger partial charge on any atom is 0.0726 e. The number of benzene rings is 11. The molecule has 15 rings (SSSR count). The van der Waals surface area contributed by atoms with Gasteiger partial charge in [-0.25, -0.2) is 0 Å². The second kappa shape index (κ2) is 15.3. The quantitative estimate of drug-likeness (QED) is 0.161. The van der Waals surface area contributed by atoms with Crippen molar-refractivity contribution in [2.75, 3.05) is 4.90 Å². The van der Waals surface area contributed by atoms with E-state index < -0.39 is 5.41 Å². The third kappa shape index (κ3) is 5.77. The van der Waals surface area contributed by atoms with E-state index in [1.54, 1.807) is 0 Å². The van der Waals surface area contributed by atoms with E-state index in [4.69, 9.17) is 0 Å². The fourth-order valence-electron chi connectivity index (χ4n) is 12.0. The first kappa shape index (κ1) is 39.6. The number of anilines is 3. The average Bonchev–Trinajstić information content (AvgIpc) is 4.16. The molecule has 2 aromatic heterocycles. The van der Waals surface area contributed by atoms with Crippen molar-refractivity contribution in [2.45, 2.75) is 5.41 Å². The fourth-order valence-corrected chi connectivity index (χ4v) is 14.2. The van der Waals surface area contributed by atoms with Gasteiger partial charge < -0.3 is 4.90 Å². The summed E-state index contributed by atoms with van der Waals surface area (Å²) in [6, 6.07) is 93.1. The molecule has 0 N–H and O–H groups in total. The van der Waals surface area contributed by atoms with E-state index in [-0.39, 0.29) is 0 Å². The van der Waals surface area contributed by atoms with Crippen LogP contribution >= 0.6 is 22.7 Å². The second-order valence-electron chi connectivity index (χ2n) is 18.7. The van der Waals surface area contributed by atoms with E-state index in [0.29, 0.717) is 0 Å². The van der Waals surface area contributed by atoms with Crippen molar-refractivity contribution in [3.05, 3.63) is 271 Å². The molecule has 11 aromatic carbocycles. The van der Waals surface area contributed by atoms with Gasteiger partial charge in [0.05, 0.1) is 5.41 Å². The number of nitrogens with zero attached hydrogens (tertiary/aromatic N) is 1. The Bertz CT molecular complexity index is 4220. The molecule has 0 saturated heterocycles. The minimum absolute atomic E-state index is 0.564. The van der Waals surface area contributed by atoms with Gasteiger partial charge in [0.15, 0.2) is 0 Å². The van der Waals surface area contributed by atoms with Crippen LogP contribution in [0.15, 0.2) is 249 Å². The summed E-state index contributed by atoms with van der Waals surface area (Å²) >= 11 is 3.76. The van der Waals surface area contributed by atoms with E-state index in [1.165, 1.54) is 118 Å². The van der Waals surface area contributed by atoms with Gasteiger partial charge in [0.2, 0.25) is 0 Å². The molecule has 1 unspecified atom stereocenters. The Morgan fingerprint density at radius 3 is 1.50 bits per heavy atom. The van der Waals surface area contributed by atoms with E-state index in [2.05, 4.69) is 254 Å². The van der Waals surface area contributed by atoms with Gasteiger partial charge in [0.1, 0.15) is 0 Å². The Labute approximate surface area is 414 Å². The van der Waals surface area contributed by atoms with Crippen molar-refractivity contribution in [3.8, 4) is 55.6 Å². The van der Waals surface area contributed by atoms with Crippen LogP contribution in [-0.4, -0.2) is 0 Å². The number of fused-ring (bicyclic) bond motifs is 17. The summed E-state index contributed by atoms with van der Waals surface area (Å²) in [5.74, 6) is 0. The van der Waals surface area contributed by atoms with Crippen LogP contribution in [0.1, 0.15) is 22.3 Å². The molecule has 0 saturated carbocycles. The first-order chi connectivity index (χ1) is 34.7. The van der Waals surface area contributed by atoms with Gasteiger partial charge in [-0.3, -0.25) is 0 Å². The predicted octanol–water partition coefficient (Wildman–Crippen LogP) is 19.2. The number of hydrogen-bond donors (Lipinski definition) is 0. The normalized spacial score (nSPS) is 14.3. The van der Waals surface area contributed by atoms with Gasteiger partial charge >= 0.3 is 0 Å². The van der Waals surface area contributed by atoms with Crippen molar-refractivity contribution >= 4 is 80.1 Å². The van der Waals surface area contributed by atoms with Gasteiger partial charge in [-0.15, -0.1) is 22.7 Å². The van der Waals surface area contributed by atoms with Crippen molar-refractivity contribution in [3.63, 3.8) is 0 Å². The molecule has 2 aliphatic carbocycles. The molecule has 13 aromatic rings. The molecule has 2 aliphatic rings. The number of hydrogen-bond acceptors (Lipinski definition) is 3. The highest BCUT2D eigenvalue weighted by molar-refractivity contribution is 7.26. The topological polar surface area (TPSA) is 3.24 Å². The van der Waals surface area contributed by atoms with Crippen LogP contribution in [0.3, 0.4) is 0 Å². The Balaban J connectivity index is 0.954. The first-order valence-electron chi connectivity index (χ1n) is 24.1. The third-order valence-corrected chi connectivity index (χ3v) is 17.4. The fraction of sp³-hybridized carbons (Fsp3) is 0.0149. The van der Waals surface area contributed by atoms with Crippen molar-refractivity contribution in [1.29, 1.82) is 0 Å². The molecule has 1 atom stereocenters. The molecule has 326 valence electrons. The lowest BCUT2D eigenvalue weighted by molar-refractivity contribution is 0.794. The lowest BCUT2D eigenvalue weighted by atomic mass is 9.70. The number of rotatable bonds is 6. The van der Waals surface area contributed by atoms with Crippen LogP contribution in [0.2, 0.25) is 0 Å². The van der Waals surface area contributed by atoms with Gasteiger partial charge in [-0.2, -0.15) is 0 Å². The molecule has 0 amide bonds. The van der Waals surface area contributed by atoms with E-state index in [9.17, 15) is 0 Å². The standard InChI is InChI=1S/C67H41NS2/c1-3-13-42(14-4-1)44-23-29-48(30-24-44)68(49-31-25-45(26-32-49)46-28-37-63-56(39-46)53-17-8-11-21-61(53)69-63)50-33-35-52-51-34-27-47(43-15-5-2-6-16-43)40-59(51)67(60(52)41-50)57-20-10-7-18-54(57)65-58(67)36-38-64-66(65)55-19-9-12-22-62(55)70-64/h1-41H. The van der Waals surface area contributed by atoms with E-state index in [1.807, 2.05) is 22.7 Å². The highest BCUT2D eigenvalue weighted by Crippen LogP contribution is 2.65. The molecule has 1 spiro atoms. The molecular weight excluding hydrogens is 883 g/mol. The van der Waals surface area contributed by atoms with E-state index >= 15 is 0 Å². The van der Waals surface area contributed by atoms with Crippen LogP contribution in [0.4, 0.5) is 17.1 Å². The third-order valence-electron chi connectivity index (χ3n) is 15.1. The SMILES string of the molecule is c1ccc(-c2ccc(N(c3ccc(-c4ccc5sc6ccccc6c5c4)cc3)c3ccc4c(c3)C3(c5cc(-c6ccccc6)ccc5-4)c4ccccc4-c4c3ccc3sc5ccccc5c43)cc2)cc1. The van der Waals surface area contributed by atoms with Crippen LogP contribution in [0.5, 0.6) is 0 Å². The van der Waals surface area contributed by atoms with Gasteiger partial charge in [0, 0.05) is 57.4 Å². The highest BCUT2D eigenvalue weighted by atomic mass is 32.1. The molecule has 2 heterocycles. The molecule has 0 aliphatic heterocycles. The van der Waals surface area contributed by atoms with Gasteiger partial charge in [-0.1, -0.05) is 176 Å². The van der Waals surface area contributed by atoms with Gasteiger partial charge in [-0.05, 0) is 151 Å². The predicted molar refractivity (Wildman–Crippen MR) is 300 cm³/mol. The number of thiophene rings is 2. The molecule has 3 heteroatoms. The van der Waals surface area contributed by atoms with Crippen molar-refractivity contribution in [2.24, 2.45) is 0 Å². The Morgan fingerprint density at radius 2 is 0.757 bits per heavy atom. The highest BCUT2D eigenvalue weighted by Gasteiger charge is 2.52. The monoisotopic (exact) mass is 923 g/mol. The Morgan fingerprint density at radius 1 is 0.271 bits per heavy atom. The van der Waals surface area contributed by atoms with Crippen molar-refractivity contribution < 1.29 is 0 Å². The minimum atomic E-state index is -0.564. The molecule has 70 heavy (non-hydrogen) atoms.